The topological polar surface area (TPSA) is 90.7 Å². The normalized spacial score (nSPS) is 17.9. The lowest BCUT2D eigenvalue weighted by Crippen LogP contribution is -2.53. The molecule has 2 rings (SSSR count). The van der Waals surface area contributed by atoms with Crippen LogP contribution in [0.1, 0.15) is 19.8 Å². The zero-order valence-electron chi connectivity index (χ0n) is 12.8. The smallest absolute Gasteiger partial charge is 0.244 e. The number of nitrogens with two attached hydrogens (primary N) is 1. The molecule has 3 N–H and O–H groups in total. The molecule has 0 heterocycles. The Kier molecular flexibility index (Phi) is 4.65. The van der Waals surface area contributed by atoms with Crippen molar-refractivity contribution in [3.8, 4) is 11.5 Å². The summed E-state index contributed by atoms with van der Waals surface area (Å²) in [6, 6.07) is 2.10. The number of benzene rings is 1. The lowest BCUT2D eigenvalue weighted by atomic mass is 9.98. The van der Waals surface area contributed by atoms with E-state index in [1.54, 1.807) is 6.92 Å². The fourth-order valence-corrected chi connectivity index (χ4v) is 3.97. The molecule has 1 aromatic rings. The first-order chi connectivity index (χ1) is 10.3. The van der Waals surface area contributed by atoms with Crippen LogP contribution in [-0.4, -0.2) is 34.7 Å². The predicted molar refractivity (Wildman–Crippen MR) is 80.0 cm³/mol. The van der Waals surface area contributed by atoms with E-state index < -0.39 is 26.3 Å². The van der Waals surface area contributed by atoms with E-state index in [9.17, 15) is 12.8 Å². The van der Waals surface area contributed by atoms with Crippen LogP contribution in [0.2, 0.25) is 0 Å². The summed E-state index contributed by atoms with van der Waals surface area (Å²) in [7, 11) is -1.36. The van der Waals surface area contributed by atoms with Crippen LogP contribution in [0.3, 0.4) is 0 Å². The van der Waals surface area contributed by atoms with Gasteiger partial charge in [0.05, 0.1) is 14.2 Å². The fourth-order valence-electron chi connectivity index (χ4n) is 2.42. The third-order valence-electron chi connectivity index (χ3n) is 4.00. The Bertz CT molecular complexity index is 661. The molecule has 1 fully saturated rings. The second-order valence-corrected chi connectivity index (χ2v) is 7.29. The van der Waals surface area contributed by atoms with E-state index >= 15 is 0 Å². The van der Waals surface area contributed by atoms with Crippen molar-refractivity contribution in [3.63, 3.8) is 0 Å². The van der Waals surface area contributed by atoms with Crippen LogP contribution in [0.25, 0.3) is 0 Å². The number of hydrogen-bond donors (Lipinski definition) is 2. The summed E-state index contributed by atoms with van der Waals surface area (Å²) < 4.78 is 51.7. The molecule has 0 spiro atoms. The van der Waals surface area contributed by atoms with Gasteiger partial charge < -0.3 is 15.2 Å². The molecule has 8 heteroatoms. The molecule has 124 valence electrons. The van der Waals surface area contributed by atoms with Crippen LogP contribution in [0.5, 0.6) is 11.5 Å². The average molecular weight is 332 g/mol. The second kappa shape index (κ2) is 6.02. The molecule has 6 nitrogen and oxygen atoms in total. The fraction of sp³-hybridized carbons (Fsp3) is 0.571. The maximum Gasteiger partial charge on any atom is 0.244 e. The van der Waals surface area contributed by atoms with Gasteiger partial charge in [0.25, 0.3) is 0 Å². The summed E-state index contributed by atoms with van der Waals surface area (Å²) in [5.41, 5.74) is 4.93. The summed E-state index contributed by atoms with van der Waals surface area (Å²) in [6.07, 6.45) is 1.81. The number of methoxy groups -OCH3 is 2. The highest BCUT2D eigenvalue weighted by Gasteiger charge is 2.43. The van der Waals surface area contributed by atoms with E-state index in [0.29, 0.717) is 0 Å². The molecule has 22 heavy (non-hydrogen) atoms. The van der Waals surface area contributed by atoms with E-state index in [4.69, 9.17) is 15.2 Å². The Balaban J connectivity index is 2.41. The Morgan fingerprint density at radius 3 is 2.32 bits per heavy atom. The summed E-state index contributed by atoms with van der Waals surface area (Å²) in [4.78, 5) is -0.481. The van der Waals surface area contributed by atoms with Crippen LogP contribution >= 0.6 is 0 Å². The maximum absolute atomic E-state index is 14.2. The van der Waals surface area contributed by atoms with Gasteiger partial charge in [0.2, 0.25) is 10.0 Å². The van der Waals surface area contributed by atoms with E-state index in [-0.39, 0.29) is 24.0 Å². The molecule has 1 aliphatic carbocycles. The van der Waals surface area contributed by atoms with Crippen LogP contribution < -0.4 is 19.9 Å². The molecule has 1 aliphatic rings. The van der Waals surface area contributed by atoms with E-state index in [0.717, 1.165) is 25.0 Å². The predicted octanol–water partition coefficient (Wildman–Crippen LogP) is 1.25. The van der Waals surface area contributed by atoms with Gasteiger partial charge in [-0.15, -0.1) is 0 Å². The number of ether oxygens (including phenoxy) is 2. The zero-order chi connectivity index (χ0) is 16.5. The third kappa shape index (κ3) is 3.18. The van der Waals surface area contributed by atoms with Crippen LogP contribution in [0.15, 0.2) is 17.0 Å². The van der Waals surface area contributed by atoms with Gasteiger partial charge >= 0.3 is 0 Å². The number of halogens is 1. The van der Waals surface area contributed by atoms with Crippen LogP contribution in [0.4, 0.5) is 4.39 Å². The summed E-state index contributed by atoms with van der Waals surface area (Å²) in [6.45, 7) is 1.88. The van der Waals surface area contributed by atoms with Crippen molar-refractivity contribution in [1.29, 1.82) is 0 Å². The zero-order valence-corrected chi connectivity index (χ0v) is 13.7. The van der Waals surface area contributed by atoms with Crippen LogP contribution in [-0.2, 0) is 10.0 Å². The molecular formula is C14H21FN2O4S. The number of rotatable bonds is 7. The molecule has 0 aliphatic heterocycles. The Morgan fingerprint density at radius 2 is 1.86 bits per heavy atom. The second-order valence-electron chi connectivity index (χ2n) is 5.64. The maximum atomic E-state index is 14.2. The largest absolute Gasteiger partial charge is 0.493 e. The quantitative estimate of drug-likeness (QED) is 0.784. The molecule has 0 saturated heterocycles. The monoisotopic (exact) mass is 332 g/mol. The number of hydrogen-bond acceptors (Lipinski definition) is 5. The van der Waals surface area contributed by atoms with Crippen molar-refractivity contribution < 1.29 is 22.3 Å². The van der Waals surface area contributed by atoms with E-state index in [1.165, 1.54) is 14.2 Å². The first kappa shape index (κ1) is 17.0. The first-order valence-corrected chi connectivity index (χ1v) is 8.41. The highest BCUT2D eigenvalue weighted by Crippen LogP contribution is 2.40. The number of nitrogens with one attached hydrogen (secondary N) is 1. The molecule has 1 aromatic carbocycles. The summed E-state index contributed by atoms with van der Waals surface area (Å²) >= 11 is 0. The standard InChI is InChI=1S/C14H21FN2O4S/c1-14(8-16,9-4-5-9)17-22(18,19)13-7-12(21-3)11(20-2)6-10(13)15/h6-7,9,17H,4-5,8,16H2,1-3H3. The minimum Gasteiger partial charge on any atom is -0.493 e. The molecular weight excluding hydrogens is 311 g/mol. The van der Waals surface area contributed by atoms with E-state index in [1.807, 2.05) is 0 Å². The Morgan fingerprint density at radius 1 is 1.32 bits per heavy atom. The molecule has 0 bridgehead atoms. The highest BCUT2D eigenvalue weighted by atomic mass is 32.2. The van der Waals surface area contributed by atoms with Gasteiger partial charge in [0, 0.05) is 24.2 Å². The van der Waals surface area contributed by atoms with Gasteiger partial charge in [-0.2, -0.15) is 0 Å². The SMILES string of the molecule is COc1cc(F)c(S(=O)(=O)NC(C)(CN)C2CC2)cc1OC. The molecule has 0 aromatic heterocycles. The minimum absolute atomic E-state index is 0.128. The number of sulfonamides is 1. The lowest BCUT2D eigenvalue weighted by molar-refractivity contribution is 0.349. The first-order valence-electron chi connectivity index (χ1n) is 6.93. The molecule has 0 amide bonds. The van der Waals surface area contributed by atoms with Gasteiger partial charge in [0.15, 0.2) is 11.5 Å². The van der Waals surface area contributed by atoms with Crippen molar-refractivity contribution >= 4 is 10.0 Å². The van der Waals surface area contributed by atoms with Crippen molar-refractivity contribution in [1.82, 2.24) is 4.72 Å². The molecule has 0 radical (unpaired) electrons. The molecule has 1 atom stereocenters. The average Bonchev–Trinajstić information content (AvgIpc) is 3.31. The van der Waals surface area contributed by atoms with Gasteiger partial charge in [-0.1, -0.05) is 0 Å². The van der Waals surface area contributed by atoms with Gasteiger partial charge in [-0.05, 0) is 25.7 Å². The van der Waals surface area contributed by atoms with E-state index in [2.05, 4.69) is 4.72 Å². The Labute approximate surface area is 129 Å². The molecule has 1 unspecified atom stereocenters. The summed E-state index contributed by atoms with van der Waals surface area (Å²) in [5.74, 6) is -0.455. The minimum atomic E-state index is -4.06. The van der Waals surface area contributed by atoms with Crippen molar-refractivity contribution in [3.05, 3.63) is 17.9 Å². The molecule has 1 saturated carbocycles. The van der Waals surface area contributed by atoms with Gasteiger partial charge in [-0.25, -0.2) is 17.5 Å². The highest BCUT2D eigenvalue weighted by molar-refractivity contribution is 7.89. The van der Waals surface area contributed by atoms with Crippen LogP contribution in [0, 0.1) is 11.7 Å². The van der Waals surface area contributed by atoms with Crippen molar-refractivity contribution in [2.45, 2.75) is 30.2 Å². The Hall–Kier alpha value is -1.38. The van der Waals surface area contributed by atoms with Crippen molar-refractivity contribution in [2.24, 2.45) is 11.7 Å². The summed E-state index contributed by atoms with van der Waals surface area (Å²) in [5, 5.41) is 0. The lowest BCUT2D eigenvalue weighted by Gasteiger charge is -2.29. The van der Waals surface area contributed by atoms with Gasteiger partial charge in [-0.3, -0.25) is 0 Å². The van der Waals surface area contributed by atoms with Crippen molar-refractivity contribution in [2.75, 3.05) is 20.8 Å². The third-order valence-corrected chi connectivity index (χ3v) is 5.62. The van der Waals surface area contributed by atoms with Gasteiger partial charge in [0.1, 0.15) is 10.7 Å².